The van der Waals surface area contributed by atoms with E-state index in [0.29, 0.717) is 11.2 Å². The molecule has 37 heavy (non-hydrogen) atoms. The lowest BCUT2D eigenvalue weighted by atomic mass is 10.0. The zero-order chi connectivity index (χ0) is 27.3. The SMILES string of the molecule is Cc1nc(N[C@H](C)c2cc(N)cc(C(F)(F)F)c2)c2cc(C(=O)N(C)C)c(N3CCC(F)(F)C3)nc2n1. The number of aryl methyl sites for hydroxylation is 1. The minimum atomic E-state index is -4.57. The van der Waals surface area contributed by atoms with Gasteiger partial charge in [-0.1, -0.05) is 0 Å². The second-order valence-electron chi connectivity index (χ2n) is 9.33. The summed E-state index contributed by atoms with van der Waals surface area (Å²) in [5, 5.41) is 3.39. The van der Waals surface area contributed by atoms with E-state index in [1.165, 1.54) is 36.0 Å². The van der Waals surface area contributed by atoms with Crippen LogP contribution in [0.15, 0.2) is 24.3 Å². The second kappa shape index (κ2) is 9.27. The Morgan fingerprint density at radius 1 is 1.16 bits per heavy atom. The van der Waals surface area contributed by atoms with E-state index in [4.69, 9.17) is 5.73 Å². The van der Waals surface area contributed by atoms with E-state index in [1.54, 1.807) is 13.8 Å². The molecule has 2 aromatic heterocycles. The lowest BCUT2D eigenvalue weighted by Crippen LogP contribution is -2.30. The van der Waals surface area contributed by atoms with Gasteiger partial charge in [-0.25, -0.2) is 23.7 Å². The van der Waals surface area contributed by atoms with E-state index in [0.717, 1.165) is 12.1 Å². The number of halogens is 5. The third kappa shape index (κ3) is 5.49. The van der Waals surface area contributed by atoms with Crippen molar-refractivity contribution in [2.75, 3.05) is 43.1 Å². The average Bonchev–Trinajstić information content (AvgIpc) is 3.16. The molecule has 0 saturated carbocycles. The summed E-state index contributed by atoms with van der Waals surface area (Å²) >= 11 is 0. The van der Waals surface area contributed by atoms with Crippen LogP contribution in [-0.2, 0) is 6.18 Å². The predicted octanol–water partition coefficient (Wildman–Crippen LogP) is 4.65. The number of alkyl halides is 5. The largest absolute Gasteiger partial charge is 0.416 e. The Hall–Kier alpha value is -3.77. The van der Waals surface area contributed by atoms with Crippen LogP contribution in [0.3, 0.4) is 0 Å². The highest BCUT2D eigenvalue weighted by Crippen LogP contribution is 2.36. The van der Waals surface area contributed by atoms with Crippen LogP contribution in [0, 0.1) is 6.92 Å². The minimum Gasteiger partial charge on any atom is -0.399 e. The molecule has 0 spiro atoms. The Morgan fingerprint density at radius 2 is 1.86 bits per heavy atom. The number of carbonyl (C=O) groups is 1. The number of nitrogen functional groups attached to an aromatic ring is 1. The van der Waals surface area contributed by atoms with Crippen LogP contribution in [0.25, 0.3) is 11.0 Å². The van der Waals surface area contributed by atoms with Gasteiger partial charge in [0.15, 0.2) is 5.65 Å². The van der Waals surface area contributed by atoms with Crippen LogP contribution in [0.5, 0.6) is 0 Å². The number of carbonyl (C=O) groups excluding carboxylic acids is 1. The molecule has 8 nitrogen and oxygen atoms in total. The number of nitrogens with zero attached hydrogens (tertiary/aromatic N) is 5. The minimum absolute atomic E-state index is 0.0163. The molecule has 3 heterocycles. The number of nitrogens with two attached hydrogens (primary N) is 1. The van der Waals surface area contributed by atoms with Crippen molar-refractivity contribution in [2.24, 2.45) is 0 Å². The van der Waals surface area contributed by atoms with Crippen molar-refractivity contribution in [3.05, 3.63) is 46.8 Å². The van der Waals surface area contributed by atoms with Crippen molar-refractivity contribution < 1.29 is 26.7 Å². The van der Waals surface area contributed by atoms with Gasteiger partial charge in [-0.05, 0) is 43.7 Å². The van der Waals surface area contributed by atoms with Gasteiger partial charge in [0, 0.05) is 32.7 Å². The maximum Gasteiger partial charge on any atom is 0.416 e. The van der Waals surface area contributed by atoms with Crippen molar-refractivity contribution in [1.82, 2.24) is 19.9 Å². The lowest BCUT2D eigenvalue weighted by Gasteiger charge is -2.23. The maximum atomic E-state index is 14.0. The number of amides is 1. The van der Waals surface area contributed by atoms with Gasteiger partial charge >= 0.3 is 6.18 Å². The van der Waals surface area contributed by atoms with Gasteiger partial charge in [-0.15, -0.1) is 0 Å². The van der Waals surface area contributed by atoms with Gasteiger partial charge < -0.3 is 20.9 Å². The third-order valence-electron chi connectivity index (χ3n) is 6.04. The highest BCUT2D eigenvalue weighted by Gasteiger charge is 2.40. The van der Waals surface area contributed by atoms with Crippen molar-refractivity contribution >= 4 is 34.3 Å². The molecule has 3 N–H and O–H groups in total. The summed E-state index contributed by atoms with van der Waals surface area (Å²) in [6, 6.07) is 4.08. The summed E-state index contributed by atoms with van der Waals surface area (Å²) < 4.78 is 67.9. The van der Waals surface area contributed by atoms with Gasteiger partial charge in [0.2, 0.25) is 0 Å². The summed E-state index contributed by atoms with van der Waals surface area (Å²) in [7, 11) is 3.06. The molecule has 0 bridgehead atoms. The normalized spacial score (nSPS) is 16.2. The lowest BCUT2D eigenvalue weighted by molar-refractivity contribution is -0.137. The smallest absolute Gasteiger partial charge is 0.399 e. The molecule has 4 rings (SSSR count). The second-order valence-corrected chi connectivity index (χ2v) is 9.33. The van der Waals surface area contributed by atoms with Gasteiger partial charge in [0.05, 0.1) is 29.1 Å². The first-order valence-corrected chi connectivity index (χ1v) is 11.4. The van der Waals surface area contributed by atoms with Crippen LogP contribution >= 0.6 is 0 Å². The van der Waals surface area contributed by atoms with Gasteiger partial charge in [-0.3, -0.25) is 4.79 Å². The first-order valence-electron chi connectivity index (χ1n) is 11.4. The van der Waals surface area contributed by atoms with Crippen molar-refractivity contribution in [2.45, 2.75) is 38.4 Å². The number of nitrogens with one attached hydrogen (secondary N) is 1. The summed E-state index contributed by atoms with van der Waals surface area (Å²) in [4.78, 5) is 28.8. The van der Waals surface area contributed by atoms with E-state index >= 15 is 0 Å². The molecule has 3 aromatic rings. The quantitative estimate of drug-likeness (QED) is 0.371. The highest BCUT2D eigenvalue weighted by atomic mass is 19.4. The first-order chi connectivity index (χ1) is 17.1. The number of hydrogen-bond acceptors (Lipinski definition) is 7. The van der Waals surface area contributed by atoms with E-state index in [1.807, 2.05) is 0 Å². The molecule has 198 valence electrons. The fraction of sp³-hybridized carbons (Fsp3) is 0.417. The summed E-state index contributed by atoms with van der Waals surface area (Å²) in [5.74, 6) is -2.76. The van der Waals surface area contributed by atoms with Gasteiger partial charge in [-0.2, -0.15) is 13.2 Å². The molecule has 1 aliphatic rings. The van der Waals surface area contributed by atoms with E-state index < -0.39 is 36.2 Å². The van der Waals surface area contributed by atoms with Crippen molar-refractivity contribution in [3.8, 4) is 0 Å². The highest BCUT2D eigenvalue weighted by molar-refractivity contribution is 6.03. The van der Waals surface area contributed by atoms with Crippen molar-refractivity contribution in [3.63, 3.8) is 0 Å². The summed E-state index contributed by atoms with van der Waals surface area (Å²) in [5.41, 5.74) is 5.30. The molecule has 1 aromatic carbocycles. The van der Waals surface area contributed by atoms with Crippen molar-refractivity contribution in [1.29, 1.82) is 0 Å². The molecule has 1 saturated heterocycles. The third-order valence-corrected chi connectivity index (χ3v) is 6.04. The number of anilines is 3. The Balaban J connectivity index is 1.81. The fourth-order valence-electron chi connectivity index (χ4n) is 4.20. The van der Waals surface area contributed by atoms with Gasteiger partial charge in [0.1, 0.15) is 17.5 Å². The fourth-order valence-corrected chi connectivity index (χ4v) is 4.20. The van der Waals surface area contributed by atoms with Crippen LogP contribution in [0.4, 0.5) is 39.3 Å². The monoisotopic (exact) mass is 523 g/mol. The van der Waals surface area contributed by atoms with E-state index in [-0.39, 0.29) is 47.1 Å². The number of benzene rings is 1. The van der Waals surface area contributed by atoms with E-state index in [9.17, 15) is 26.7 Å². The molecule has 0 aliphatic carbocycles. The van der Waals surface area contributed by atoms with Gasteiger partial charge in [0.25, 0.3) is 11.8 Å². The standard InChI is InChI=1S/C24H26F5N7O/c1-12(14-7-15(24(27,28)29)9-16(30)8-14)31-19-17-10-18(22(37)35(3)4)21(34-20(17)33-13(2)32-19)36-6-5-23(25,26)11-36/h7-10,12H,5-6,11,30H2,1-4H3,(H,31,32,33,34)/t12-/m1/s1. The molecular formula is C24H26F5N7O. The number of hydrogen-bond donors (Lipinski definition) is 2. The van der Waals surface area contributed by atoms with Crippen LogP contribution in [0.2, 0.25) is 0 Å². The number of pyridine rings is 1. The molecule has 1 atom stereocenters. The Morgan fingerprint density at radius 3 is 2.46 bits per heavy atom. The Bertz CT molecular complexity index is 1360. The molecule has 1 aliphatic heterocycles. The topological polar surface area (TPSA) is 100 Å². The maximum absolute atomic E-state index is 14.0. The zero-order valence-corrected chi connectivity index (χ0v) is 20.6. The van der Waals surface area contributed by atoms with Crippen LogP contribution in [-0.4, -0.2) is 58.9 Å². The van der Waals surface area contributed by atoms with E-state index in [2.05, 4.69) is 20.3 Å². The van der Waals surface area contributed by atoms with Crippen LogP contribution < -0.4 is 16.0 Å². The summed E-state index contributed by atoms with van der Waals surface area (Å²) in [6.07, 6.45) is -4.94. The average molecular weight is 524 g/mol. The number of fused-ring (bicyclic) bond motifs is 1. The Labute approximate surface area is 209 Å². The summed E-state index contributed by atoms with van der Waals surface area (Å²) in [6.45, 7) is 2.67. The molecule has 13 heteroatoms. The first kappa shape index (κ1) is 26.3. The van der Waals surface area contributed by atoms with Crippen LogP contribution in [0.1, 0.15) is 46.7 Å². The predicted molar refractivity (Wildman–Crippen MR) is 130 cm³/mol. The number of rotatable bonds is 5. The number of aromatic nitrogens is 3. The molecule has 1 fully saturated rings. The zero-order valence-electron chi connectivity index (χ0n) is 20.6. The Kier molecular flexibility index (Phi) is 6.59. The molecule has 0 radical (unpaired) electrons. The molecular weight excluding hydrogens is 497 g/mol. The molecule has 0 unspecified atom stereocenters. The molecule has 1 amide bonds.